The highest BCUT2D eigenvalue weighted by Gasteiger charge is 2.04. The first-order chi connectivity index (χ1) is 11.3. The van der Waals surface area contributed by atoms with Crippen molar-refractivity contribution in [2.24, 2.45) is 0 Å². The molecular formula is C20H19N3. The van der Waals surface area contributed by atoms with Gasteiger partial charge in [-0.15, -0.1) is 0 Å². The van der Waals surface area contributed by atoms with Gasteiger partial charge in [-0.25, -0.2) is 4.98 Å². The zero-order valence-electron chi connectivity index (χ0n) is 13.0. The van der Waals surface area contributed by atoms with Gasteiger partial charge >= 0.3 is 0 Å². The normalized spacial score (nSPS) is 10.4. The zero-order valence-corrected chi connectivity index (χ0v) is 13.0. The number of rotatable bonds is 6. The molecule has 0 spiro atoms. The zero-order chi connectivity index (χ0) is 15.9. The summed E-state index contributed by atoms with van der Waals surface area (Å²) in [5, 5.41) is 8.86. The average molecular weight is 301 g/mol. The lowest BCUT2D eigenvalue weighted by Crippen LogP contribution is -2.05. The van der Waals surface area contributed by atoms with E-state index in [9.17, 15) is 0 Å². The quantitative estimate of drug-likeness (QED) is 0.691. The van der Waals surface area contributed by atoms with Gasteiger partial charge in [0.2, 0.25) is 0 Å². The molecule has 0 fully saturated rings. The lowest BCUT2D eigenvalue weighted by Gasteiger charge is -2.08. The Kier molecular flexibility index (Phi) is 4.85. The van der Waals surface area contributed by atoms with Crippen LogP contribution in [0.3, 0.4) is 0 Å². The van der Waals surface area contributed by atoms with Crippen LogP contribution >= 0.6 is 0 Å². The maximum Gasteiger partial charge on any atom is 0.108 e. The molecule has 0 saturated heterocycles. The molecule has 2 aromatic carbocycles. The molecule has 3 nitrogen and oxygen atoms in total. The van der Waals surface area contributed by atoms with E-state index in [1.807, 2.05) is 42.7 Å². The van der Waals surface area contributed by atoms with E-state index in [4.69, 9.17) is 5.26 Å². The molecule has 0 bridgehead atoms. The Morgan fingerprint density at radius 2 is 1.70 bits per heavy atom. The fourth-order valence-electron chi connectivity index (χ4n) is 2.69. The molecule has 3 rings (SSSR count). The molecular weight excluding hydrogens is 282 g/mol. The number of nitriles is 1. The van der Waals surface area contributed by atoms with Crippen LogP contribution in [0.25, 0.3) is 0 Å². The largest absolute Gasteiger partial charge is 0.331 e. The molecule has 0 radical (unpaired) electrons. The number of aromatic nitrogens is 2. The summed E-state index contributed by atoms with van der Waals surface area (Å²) in [6.07, 6.45) is 7.02. The average Bonchev–Trinajstić information content (AvgIpc) is 3.04. The van der Waals surface area contributed by atoms with Gasteiger partial charge in [-0.2, -0.15) is 5.26 Å². The van der Waals surface area contributed by atoms with Crippen LogP contribution < -0.4 is 0 Å². The third-order valence-corrected chi connectivity index (χ3v) is 3.95. The van der Waals surface area contributed by atoms with Gasteiger partial charge in [0.1, 0.15) is 5.82 Å². The van der Waals surface area contributed by atoms with Gasteiger partial charge in [-0.1, -0.05) is 42.5 Å². The van der Waals surface area contributed by atoms with E-state index in [1.165, 1.54) is 11.1 Å². The minimum atomic E-state index is 0.697. The molecule has 3 heteroatoms. The van der Waals surface area contributed by atoms with E-state index in [1.54, 1.807) is 0 Å². The Labute approximate surface area is 136 Å². The molecule has 3 aromatic rings. The topological polar surface area (TPSA) is 41.6 Å². The van der Waals surface area contributed by atoms with Gasteiger partial charge in [0.05, 0.1) is 11.6 Å². The van der Waals surface area contributed by atoms with Crippen molar-refractivity contribution < 1.29 is 0 Å². The van der Waals surface area contributed by atoms with Crippen LogP contribution in [0.2, 0.25) is 0 Å². The first-order valence-electron chi connectivity index (χ1n) is 7.88. The molecule has 0 aliphatic heterocycles. The summed E-state index contributed by atoms with van der Waals surface area (Å²) in [7, 11) is 0. The predicted octanol–water partition coefficient (Wildman–Crippen LogP) is 3.98. The minimum absolute atomic E-state index is 0.697. The first-order valence-corrected chi connectivity index (χ1v) is 7.88. The number of hydrogen-bond donors (Lipinski definition) is 0. The van der Waals surface area contributed by atoms with Crippen LogP contribution in [-0.4, -0.2) is 9.55 Å². The van der Waals surface area contributed by atoms with Crippen LogP contribution in [0.4, 0.5) is 0 Å². The van der Waals surface area contributed by atoms with Gasteiger partial charge in [0.25, 0.3) is 0 Å². The highest BCUT2D eigenvalue weighted by Crippen LogP contribution is 2.11. The molecule has 0 aliphatic rings. The molecule has 1 aromatic heterocycles. The Hall–Kier alpha value is -2.86. The molecule has 0 N–H and O–H groups in total. The second-order valence-electron chi connectivity index (χ2n) is 5.62. The summed E-state index contributed by atoms with van der Waals surface area (Å²) >= 11 is 0. The summed E-state index contributed by atoms with van der Waals surface area (Å²) in [4.78, 5) is 4.49. The lowest BCUT2D eigenvalue weighted by molar-refractivity contribution is 0.685. The maximum absolute atomic E-state index is 8.86. The first kappa shape index (κ1) is 15.1. The van der Waals surface area contributed by atoms with E-state index in [-0.39, 0.29) is 0 Å². The van der Waals surface area contributed by atoms with Crippen LogP contribution in [0.5, 0.6) is 0 Å². The fourth-order valence-corrected chi connectivity index (χ4v) is 2.69. The second kappa shape index (κ2) is 7.42. The SMILES string of the molecule is N#Cc1ccc(Cn2ccnc2CCCc2ccccc2)cc1. The molecule has 1 heterocycles. The van der Waals surface area contributed by atoms with Gasteiger partial charge in [0, 0.05) is 25.4 Å². The van der Waals surface area contributed by atoms with Gasteiger partial charge in [-0.05, 0) is 36.1 Å². The van der Waals surface area contributed by atoms with E-state index >= 15 is 0 Å². The van der Waals surface area contributed by atoms with Crippen LogP contribution in [0.15, 0.2) is 67.0 Å². The Balaban J connectivity index is 1.59. The molecule has 114 valence electrons. The number of benzene rings is 2. The summed E-state index contributed by atoms with van der Waals surface area (Å²) in [5.74, 6) is 1.12. The van der Waals surface area contributed by atoms with Gasteiger partial charge in [-0.3, -0.25) is 0 Å². The Morgan fingerprint density at radius 3 is 2.43 bits per heavy atom. The van der Waals surface area contributed by atoms with Crippen molar-refractivity contribution in [3.8, 4) is 6.07 Å². The highest BCUT2D eigenvalue weighted by molar-refractivity contribution is 5.31. The van der Waals surface area contributed by atoms with Crippen LogP contribution in [0, 0.1) is 11.3 Å². The van der Waals surface area contributed by atoms with Crippen molar-refractivity contribution in [3.63, 3.8) is 0 Å². The number of aryl methyl sites for hydroxylation is 2. The fraction of sp³-hybridized carbons (Fsp3) is 0.200. The number of imidazole rings is 1. The van der Waals surface area contributed by atoms with Crippen molar-refractivity contribution in [2.45, 2.75) is 25.8 Å². The van der Waals surface area contributed by atoms with Crippen molar-refractivity contribution in [2.75, 3.05) is 0 Å². The summed E-state index contributed by atoms with van der Waals surface area (Å²) in [5.41, 5.74) is 3.26. The van der Waals surface area contributed by atoms with Crippen molar-refractivity contribution in [1.82, 2.24) is 9.55 Å². The van der Waals surface area contributed by atoms with E-state index < -0.39 is 0 Å². The van der Waals surface area contributed by atoms with Crippen molar-refractivity contribution in [1.29, 1.82) is 5.26 Å². The van der Waals surface area contributed by atoms with Gasteiger partial charge < -0.3 is 4.57 Å². The molecule has 0 aliphatic carbocycles. The third kappa shape index (κ3) is 4.08. The summed E-state index contributed by atoms with van der Waals surface area (Å²) < 4.78 is 2.19. The van der Waals surface area contributed by atoms with Crippen LogP contribution in [-0.2, 0) is 19.4 Å². The lowest BCUT2D eigenvalue weighted by atomic mass is 10.1. The molecule has 0 unspecified atom stereocenters. The molecule has 0 amide bonds. The van der Waals surface area contributed by atoms with Crippen LogP contribution in [0.1, 0.15) is 28.9 Å². The maximum atomic E-state index is 8.86. The molecule has 0 atom stereocenters. The van der Waals surface area contributed by atoms with E-state index in [0.717, 1.165) is 31.6 Å². The van der Waals surface area contributed by atoms with E-state index in [0.29, 0.717) is 5.56 Å². The van der Waals surface area contributed by atoms with Gasteiger partial charge in [0.15, 0.2) is 0 Å². The summed E-state index contributed by atoms with van der Waals surface area (Å²) in [6, 6.07) is 20.4. The predicted molar refractivity (Wildman–Crippen MR) is 91.0 cm³/mol. The summed E-state index contributed by atoms with van der Waals surface area (Å²) in [6.45, 7) is 0.798. The van der Waals surface area contributed by atoms with Crippen molar-refractivity contribution in [3.05, 3.63) is 89.5 Å². The standard InChI is InChI=1S/C20H19N3/c21-15-18-9-11-19(12-10-18)16-23-14-13-22-20(23)8-4-7-17-5-2-1-3-6-17/h1-3,5-6,9-14H,4,7-8,16H2. The Morgan fingerprint density at radius 1 is 0.913 bits per heavy atom. The Bertz CT molecular complexity index is 780. The highest BCUT2D eigenvalue weighted by atomic mass is 15.1. The molecule has 23 heavy (non-hydrogen) atoms. The van der Waals surface area contributed by atoms with Crippen molar-refractivity contribution >= 4 is 0 Å². The monoisotopic (exact) mass is 301 g/mol. The smallest absolute Gasteiger partial charge is 0.108 e. The second-order valence-corrected chi connectivity index (χ2v) is 5.62. The number of hydrogen-bond acceptors (Lipinski definition) is 2. The molecule has 0 saturated carbocycles. The number of nitrogens with zero attached hydrogens (tertiary/aromatic N) is 3. The van der Waals surface area contributed by atoms with E-state index in [2.05, 4.69) is 39.9 Å². The minimum Gasteiger partial charge on any atom is -0.331 e. The third-order valence-electron chi connectivity index (χ3n) is 3.95.